The Hall–Kier alpha value is -3.79. The van der Waals surface area contributed by atoms with Gasteiger partial charge in [-0.25, -0.2) is 28.7 Å². The van der Waals surface area contributed by atoms with Crippen LogP contribution in [0.25, 0.3) is 22.3 Å². The minimum absolute atomic E-state index is 0.0401. The molecule has 0 saturated carbocycles. The number of hydrogen-bond acceptors (Lipinski definition) is 8. The number of benzene rings is 2. The van der Waals surface area contributed by atoms with E-state index in [1.165, 1.54) is 7.11 Å². The Balaban J connectivity index is 1.84. The molecule has 0 aliphatic rings. The normalized spacial score (nSPS) is 13.0. The summed E-state index contributed by atoms with van der Waals surface area (Å²) in [6.07, 6.45) is 1.73. The van der Waals surface area contributed by atoms with Gasteiger partial charge in [-0.1, -0.05) is 19.1 Å². The highest BCUT2D eigenvalue weighted by Crippen LogP contribution is 2.32. The first-order chi connectivity index (χ1) is 16.6. The molecule has 0 spiro atoms. The molecule has 1 atom stereocenters. The number of imidazole rings is 1. The molecule has 0 saturated heterocycles. The number of methoxy groups -OCH3 is 1. The molecular weight excluding hydrogens is 464 g/mol. The summed E-state index contributed by atoms with van der Waals surface area (Å²) in [4.78, 5) is 27.1. The van der Waals surface area contributed by atoms with E-state index in [2.05, 4.69) is 20.3 Å². The number of fused-ring (bicyclic) bond motifs is 1. The number of nitrogens with one attached hydrogen (secondary N) is 2. The number of nitrogens with zero attached hydrogens (tertiary/aromatic N) is 4. The molecule has 0 aliphatic heterocycles. The topological polar surface area (TPSA) is 123 Å². The highest BCUT2D eigenvalue weighted by Gasteiger charge is 2.22. The first-order valence-corrected chi connectivity index (χ1v) is 12.8. The van der Waals surface area contributed by atoms with Gasteiger partial charge in [0.1, 0.15) is 0 Å². The molecule has 9 nitrogen and oxygen atoms in total. The molecule has 0 fully saturated rings. The van der Waals surface area contributed by atoms with Crippen LogP contribution in [0.5, 0.6) is 0 Å². The first-order valence-electron chi connectivity index (χ1n) is 11.1. The molecule has 0 radical (unpaired) electrons. The van der Waals surface area contributed by atoms with E-state index in [0.29, 0.717) is 22.0 Å². The lowest BCUT2D eigenvalue weighted by molar-refractivity contribution is 0.0595. The smallest absolute Gasteiger partial charge is 0.360 e. The van der Waals surface area contributed by atoms with Gasteiger partial charge in [0.15, 0.2) is 11.5 Å². The lowest BCUT2D eigenvalue weighted by Gasteiger charge is -2.17. The highest BCUT2D eigenvalue weighted by atomic mass is 32.2. The fraction of sp³-hybridized carbons (Fsp3) is 0.280. The van der Waals surface area contributed by atoms with Gasteiger partial charge >= 0.3 is 5.97 Å². The zero-order valence-electron chi connectivity index (χ0n) is 20.6. The number of carbonyl (C=O) groups excluding carboxylic acids is 1. The van der Waals surface area contributed by atoms with Crippen molar-refractivity contribution in [2.24, 2.45) is 7.05 Å². The molecule has 0 amide bonds. The molecule has 1 unspecified atom stereocenters. The maximum absolute atomic E-state index is 12.7. The van der Waals surface area contributed by atoms with E-state index in [4.69, 9.17) is 9.52 Å². The molecule has 10 heteroatoms. The Labute approximate surface area is 204 Å². The van der Waals surface area contributed by atoms with Gasteiger partial charge < -0.3 is 14.6 Å². The van der Waals surface area contributed by atoms with Gasteiger partial charge in [-0.2, -0.15) is 0 Å². The number of esters is 1. The van der Waals surface area contributed by atoms with E-state index in [0.717, 1.165) is 27.7 Å². The van der Waals surface area contributed by atoms with E-state index >= 15 is 0 Å². The van der Waals surface area contributed by atoms with Gasteiger partial charge in [0.25, 0.3) is 0 Å². The van der Waals surface area contributed by atoms with Crippen molar-refractivity contribution in [1.82, 2.24) is 19.5 Å². The summed E-state index contributed by atoms with van der Waals surface area (Å²) in [5.41, 5.74) is 5.78. The molecule has 4 rings (SSSR count). The van der Waals surface area contributed by atoms with E-state index in [-0.39, 0.29) is 17.3 Å². The summed E-state index contributed by atoms with van der Waals surface area (Å²) in [5.74, 6) is -0.136. The number of para-hydroxylation sites is 1. The fourth-order valence-corrected chi connectivity index (χ4v) is 5.72. The van der Waals surface area contributed by atoms with E-state index in [1.54, 1.807) is 25.4 Å². The summed E-state index contributed by atoms with van der Waals surface area (Å²) in [6.45, 7) is 7.22. The Bertz CT molecular complexity index is 1550. The Morgan fingerprint density at radius 1 is 1.17 bits per heavy atom. The van der Waals surface area contributed by atoms with E-state index in [9.17, 15) is 9.00 Å². The van der Waals surface area contributed by atoms with Crippen molar-refractivity contribution < 1.29 is 13.7 Å². The van der Waals surface area contributed by atoms with Crippen molar-refractivity contribution in [3.05, 3.63) is 59.2 Å². The van der Waals surface area contributed by atoms with Gasteiger partial charge in [-0.15, -0.1) is 0 Å². The third-order valence-corrected chi connectivity index (χ3v) is 8.03. The Morgan fingerprint density at radius 2 is 1.86 bits per heavy atom. The second kappa shape index (κ2) is 9.10. The predicted octanol–water partition coefficient (Wildman–Crippen LogP) is 4.91. The summed E-state index contributed by atoms with van der Waals surface area (Å²) >= 11 is 0. The molecule has 2 aromatic carbocycles. The standard InChI is InChI=1S/C25H28N6O3S/c1-7-35(26,33)23-14(2)11-17(12-15(23)3)29-24-22(25(32)34-6)30-20(16(4)28-24)18-9-8-10-19-21(18)27-13-31(19)5/h8-13,26H,7H2,1-6H3,(H,28,29). The monoisotopic (exact) mass is 492 g/mol. The van der Waals surface area contributed by atoms with Crippen LogP contribution in [0.15, 0.2) is 41.6 Å². The highest BCUT2D eigenvalue weighted by molar-refractivity contribution is 7.92. The van der Waals surface area contributed by atoms with E-state index < -0.39 is 15.7 Å². The largest absolute Gasteiger partial charge is 0.464 e. The summed E-state index contributed by atoms with van der Waals surface area (Å²) in [5, 5.41) is 3.18. The molecule has 2 N–H and O–H groups in total. The van der Waals surface area contributed by atoms with Crippen LogP contribution < -0.4 is 5.32 Å². The van der Waals surface area contributed by atoms with Crippen LogP contribution in [0.1, 0.15) is 34.2 Å². The van der Waals surface area contributed by atoms with Crippen LogP contribution in [0.2, 0.25) is 0 Å². The van der Waals surface area contributed by atoms with Crippen LogP contribution in [0.3, 0.4) is 0 Å². The van der Waals surface area contributed by atoms with Gasteiger partial charge in [0, 0.05) is 24.1 Å². The maximum atomic E-state index is 12.7. The van der Waals surface area contributed by atoms with Gasteiger partial charge in [-0.05, 0) is 50.1 Å². The summed E-state index contributed by atoms with van der Waals surface area (Å²) in [7, 11) is 0.342. The first kappa shape index (κ1) is 24.3. The molecule has 0 bridgehead atoms. The fourth-order valence-electron chi connectivity index (χ4n) is 4.27. The third kappa shape index (κ3) is 4.37. The van der Waals surface area contributed by atoms with Crippen LogP contribution in [0, 0.1) is 25.6 Å². The predicted molar refractivity (Wildman–Crippen MR) is 137 cm³/mol. The van der Waals surface area contributed by atoms with Crippen molar-refractivity contribution in [2.75, 3.05) is 18.2 Å². The molecule has 2 aromatic heterocycles. The Kier molecular flexibility index (Phi) is 6.33. The summed E-state index contributed by atoms with van der Waals surface area (Å²) < 4.78 is 27.8. The minimum Gasteiger partial charge on any atom is -0.464 e. The SMILES string of the molecule is CCS(=N)(=O)c1c(C)cc(Nc2nc(C)c(-c3cccc4c3ncn4C)nc2C(=O)OC)cc1C. The lowest BCUT2D eigenvalue weighted by Crippen LogP contribution is -2.13. The van der Waals surface area contributed by atoms with Gasteiger partial charge in [-0.3, -0.25) is 0 Å². The van der Waals surface area contributed by atoms with Crippen molar-refractivity contribution in [3.8, 4) is 11.3 Å². The van der Waals surface area contributed by atoms with Crippen molar-refractivity contribution in [1.29, 1.82) is 4.78 Å². The van der Waals surface area contributed by atoms with Crippen molar-refractivity contribution in [2.45, 2.75) is 32.6 Å². The van der Waals surface area contributed by atoms with Gasteiger partial charge in [0.2, 0.25) is 0 Å². The van der Waals surface area contributed by atoms with Crippen LogP contribution in [-0.2, 0) is 21.5 Å². The second-order valence-corrected chi connectivity index (χ2v) is 10.7. The minimum atomic E-state index is -2.87. The zero-order valence-corrected chi connectivity index (χ0v) is 21.4. The number of aromatic nitrogens is 4. The van der Waals surface area contributed by atoms with Crippen molar-refractivity contribution in [3.63, 3.8) is 0 Å². The number of ether oxygens (including phenoxy) is 1. The molecule has 4 aromatic rings. The third-order valence-electron chi connectivity index (χ3n) is 5.92. The van der Waals surface area contributed by atoms with Crippen LogP contribution in [-0.4, -0.2) is 42.6 Å². The Morgan fingerprint density at radius 3 is 2.49 bits per heavy atom. The molecule has 182 valence electrons. The average Bonchev–Trinajstić information content (AvgIpc) is 3.19. The molecular formula is C25H28N6O3S. The lowest BCUT2D eigenvalue weighted by atomic mass is 10.1. The van der Waals surface area contributed by atoms with Crippen molar-refractivity contribution >= 4 is 38.2 Å². The van der Waals surface area contributed by atoms with Crippen LogP contribution >= 0.6 is 0 Å². The van der Waals surface area contributed by atoms with Crippen LogP contribution in [0.4, 0.5) is 11.5 Å². The molecule has 0 aliphatic carbocycles. The van der Waals surface area contributed by atoms with E-state index in [1.807, 2.05) is 50.6 Å². The second-order valence-electron chi connectivity index (χ2n) is 8.40. The molecule has 2 heterocycles. The quantitative estimate of drug-likeness (QED) is 0.367. The number of anilines is 2. The number of aryl methyl sites for hydroxylation is 4. The van der Waals surface area contributed by atoms with Gasteiger partial charge in [0.05, 0.1) is 50.5 Å². The summed E-state index contributed by atoms with van der Waals surface area (Å²) in [6, 6.07) is 9.38. The zero-order chi connectivity index (χ0) is 25.5. The maximum Gasteiger partial charge on any atom is 0.360 e. The number of carbonyl (C=O) groups is 1. The number of rotatable bonds is 6. The molecule has 35 heavy (non-hydrogen) atoms. The number of hydrogen-bond donors (Lipinski definition) is 2. The average molecular weight is 493 g/mol.